The summed E-state index contributed by atoms with van der Waals surface area (Å²) < 4.78 is 31.6. The molecule has 1 aromatic rings. The molecule has 8 heteroatoms. The second-order valence-electron chi connectivity index (χ2n) is 5.20. The van der Waals surface area contributed by atoms with Crippen LogP contribution in [0.15, 0.2) is 23.2 Å². The van der Waals surface area contributed by atoms with Gasteiger partial charge in [0.1, 0.15) is 10.7 Å². The normalized spacial score (nSPS) is 18.7. The standard InChI is InChI=1S/C13H21N3O4S/c1-14-12-11(4-3-7-15-12)21(18,19)16(2)10-13(17)5-8-20-9-6-13/h3-4,7,17H,5-6,8-10H2,1-2H3,(H,14,15). The van der Waals surface area contributed by atoms with Gasteiger partial charge in [-0.3, -0.25) is 0 Å². The van der Waals surface area contributed by atoms with Crippen molar-refractivity contribution >= 4 is 15.8 Å². The number of aromatic nitrogens is 1. The molecule has 0 unspecified atom stereocenters. The summed E-state index contributed by atoms with van der Waals surface area (Å²) >= 11 is 0. The fourth-order valence-electron chi connectivity index (χ4n) is 2.36. The van der Waals surface area contributed by atoms with E-state index in [1.807, 2.05) is 0 Å². The number of aliphatic hydroxyl groups is 1. The van der Waals surface area contributed by atoms with Gasteiger partial charge in [0, 0.05) is 52.9 Å². The predicted molar refractivity (Wildman–Crippen MR) is 78.6 cm³/mol. The minimum Gasteiger partial charge on any atom is -0.388 e. The Bertz CT molecular complexity index is 585. The van der Waals surface area contributed by atoms with E-state index in [0.29, 0.717) is 31.9 Å². The first kappa shape index (κ1) is 16.2. The lowest BCUT2D eigenvalue weighted by Gasteiger charge is -2.35. The molecule has 0 atom stereocenters. The van der Waals surface area contributed by atoms with Crippen molar-refractivity contribution in [2.24, 2.45) is 0 Å². The highest BCUT2D eigenvalue weighted by Crippen LogP contribution is 2.26. The molecule has 0 saturated carbocycles. The monoisotopic (exact) mass is 315 g/mol. The van der Waals surface area contributed by atoms with Gasteiger partial charge in [-0.05, 0) is 12.1 Å². The summed E-state index contributed by atoms with van der Waals surface area (Å²) in [4.78, 5) is 4.11. The summed E-state index contributed by atoms with van der Waals surface area (Å²) in [5.41, 5.74) is -1.04. The average molecular weight is 315 g/mol. The molecule has 1 aliphatic rings. The van der Waals surface area contributed by atoms with Crippen molar-refractivity contribution in [3.05, 3.63) is 18.3 Å². The molecule has 2 rings (SSSR count). The van der Waals surface area contributed by atoms with Crippen molar-refractivity contribution in [2.45, 2.75) is 23.3 Å². The lowest BCUT2D eigenvalue weighted by Crippen LogP contribution is -2.47. The Balaban J connectivity index is 2.22. The van der Waals surface area contributed by atoms with Gasteiger partial charge >= 0.3 is 0 Å². The molecule has 0 aromatic carbocycles. The van der Waals surface area contributed by atoms with E-state index in [1.165, 1.54) is 23.6 Å². The molecule has 0 aliphatic carbocycles. The van der Waals surface area contributed by atoms with Crippen LogP contribution in [0.5, 0.6) is 0 Å². The smallest absolute Gasteiger partial charge is 0.246 e. The highest BCUT2D eigenvalue weighted by Gasteiger charge is 2.35. The molecule has 1 aliphatic heterocycles. The fraction of sp³-hybridized carbons (Fsp3) is 0.615. The molecule has 1 fully saturated rings. The van der Waals surface area contributed by atoms with Crippen molar-refractivity contribution in [3.63, 3.8) is 0 Å². The highest BCUT2D eigenvalue weighted by molar-refractivity contribution is 7.89. The van der Waals surface area contributed by atoms with Crippen LogP contribution in [0.4, 0.5) is 5.82 Å². The maximum absolute atomic E-state index is 12.6. The summed E-state index contributed by atoms with van der Waals surface area (Å²) in [6.45, 7) is 0.925. The quantitative estimate of drug-likeness (QED) is 0.811. The Hall–Kier alpha value is -1.22. The number of hydrogen-bond donors (Lipinski definition) is 2. The van der Waals surface area contributed by atoms with Gasteiger partial charge in [0.25, 0.3) is 0 Å². The second kappa shape index (κ2) is 6.27. The SMILES string of the molecule is CNc1ncccc1S(=O)(=O)N(C)CC1(O)CCOCC1. The minimum absolute atomic E-state index is 0.0384. The van der Waals surface area contributed by atoms with Crippen LogP contribution in [0.1, 0.15) is 12.8 Å². The number of pyridine rings is 1. The molecule has 1 saturated heterocycles. The van der Waals surface area contributed by atoms with Crippen LogP contribution in [0, 0.1) is 0 Å². The van der Waals surface area contributed by atoms with E-state index in [2.05, 4.69) is 10.3 Å². The second-order valence-corrected chi connectivity index (χ2v) is 7.21. The Kier molecular flexibility index (Phi) is 4.82. The topological polar surface area (TPSA) is 91.8 Å². The Morgan fingerprint density at radius 1 is 1.48 bits per heavy atom. The van der Waals surface area contributed by atoms with Gasteiger partial charge in [0.05, 0.1) is 5.60 Å². The molecule has 0 radical (unpaired) electrons. The Morgan fingerprint density at radius 3 is 2.76 bits per heavy atom. The number of nitrogens with one attached hydrogen (secondary N) is 1. The Labute approximate surface area is 125 Å². The molecule has 2 heterocycles. The largest absolute Gasteiger partial charge is 0.388 e. The van der Waals surface area contributed by atoms with Gasteiger partial charge in [0.15, 0.2) is 0 Å². The third-order valence-corrected chi connectivity index (χ3v) is 5.47. The van der Waals surface area contributed by atoms with E-state index in [1.54, 1.807) is 13.1 Å². The molecule has 118 valence electrons. The van der Waals surface area contributed by atoms with E-state index in [0.717, 1.165) is 0 Å². The van der Waals surface area contributed by atoms with Crippen molar-refractivity contribution in [2.75, 3.05) is 39.2 Å². The van der Waals surface area contributed by atoms with E-state index >= 15 is 0 Å². The minimum atomic E-state index is -3.71. The number of anilines is 1. The first-order chi connectivity index (χ1) is 9.89. The van der Waals surface area contributed by atoms with Gasteiger partial charge in [-0.15, -0.1) is 0 Å². The zero-order valence-electron chi connectivity index (χ0n) is 12.2. The maximum Gasteiger partial charge on any atom is 0.246 e. The number of ether oxygens (including phenoxy) is 1. The molecule has 21 heavy (non-hydrogen) atoms. The van der Waals surface area contributed by atoms with Crippen LogP contribution in [0.3, 0.4) is 0 Å². The van der Waals surface area contributed by atoms with E-state index in [9.17, 15) is 13.5 Å². The van der Waals surface area contributed by atoms with Crippen molar-refractivity contribution in [1.29, 1.82) is 0 Å². The van der Waals surface area contributed by atoms with Crippen LogP contribution in [0.2, 0.25) is 0 Å². The van der Waals surface area contributed by atoms with E-state index in [4.69, 9.17) is 4.74 Å². The first-order valence-corrected chi connectivity index (χ1v) is 8.22. The molecule has 1 aromatic heterocycles. The van der Waals surface area contributed by atoms with Gasteiger partial charge in [-0.25, -0.2) is 13.4 Å². The molecular formula is C13H21N3O4S. The summed E-state index contributed by atoms with van der Waals surface area (Å²) in [7, 11) is -0.626. The summed E-state index contributed by atoms with van der Waals surface area (Å²) in [5, 5.41) is 13.2. The number of likely N-dealkylation sites (N-methyl/N-ethyl adjacent to an activating group) is 1. The van der Waals surface area contributed by atoms with Crippen LogP contribution < -0.4 is 5.32 Å². The summed E-state index contributed by atoms with van der Waals surface area (Å²) in [6.07, 6.45) is 2.38. The number of nitrogens with zero attached hydrogens (tertiary/aromatic N) is 2. The first-order valence-electron chi connectivity index (χ1n) is 6.78. The van der Waals surface area contributed by atoms with Crippen LogP contribution in [0.25, 0.3) is 0 Å². The van der Waals surface area contributed by atoms with Crippen LogP contribution in [-0.4, -0.2) is 62.3 Å². The van der Waals surface area contributed by atoms with Crippen molar-refractivity contribution < 1.29 is 18.3 Å². The Morgan fingerprint density at radius 2 is 2.14 bits per heavy atom. The zero-order valence-corrected chi connectivity index (χ0v) is 13.1. The van der Waals surface area contributed by atoms with Crippen LogP contribution >= 0.6 is 0 Å². The predicted octanol–water partition coefficient (Wildman–Crippen LogP) is 0.285. The summed E-state index contributed by atoms with van der Waals surface area (Å²) in [5.74, 6) is 0.295. The van der Waals surface area contributed by atoms with Gasteiger partial charge in [0.2, 0.25) is 10.0 Å². The molecule has 0 amide bonds. The number of sulfonamides is 1. The van der Waals surface area contributed by atoms with E-state index < -0.39 is 15.6 Å². The third-order valence-electron chi connectivity index (χ3n) is 3.64. The number of hydrogen-bond acceptors (Lipinski definition) is 6. The van der Waals surface area contributed by atoms with Crippen molar-refractivity contribution in [1.82, 2.24) is 9.29 Å². The third kappa shape index (κ3) is 3.52. The van der Waals surface area contributed by atoms with Gasteiger partial charge < -0.3 is 15.2 Å². The summed E-state index contributed by atoms with van der Waals surface area (Å²) in [6, 6.07) is 3.07. The number of rotatable bonds is 5. The lowest BCUT2D eigenvalue weighted by atomic mass is 9.95. The molecule has 0 bridgehead atoms. The van der Waals surface area contributed by atoms with Gasteiger partial charge in [-0.1, -0.05) is 0 Å². The molecule has 2 N–H and O–H groups in total. The van der Waals surface area contributed by atoms with Gasteiger partial charge in [-0.2, -0.15) is 4.31 Å². The average Bonchev–Trinajstić information content (AvgIpc) is 2.47. The molecular weight excluding hydrogens is 294 g/mol. The van der Waals surface area contributed by atoms with Crippen LogP contribution in [-0.2, 0) is 14.8 Å². The molecule has 0 spiro atoms. The maximum atomic E-state index is 12.6. The lowest BCUT2D eigenvalue weighted by molar-refractivity contribution is -0.0689. The molecule has 7 nitrogen and oxygen atoms in total. The highest BCUT2D eigenvalue weighted by atomic mass is 32.2. The van der Waals surface area contributed by atoms with Crippen molar-refractivity contribution in [3.8, 4) is 0 Å². The van der Waals surface area contributed by atoms with E-state index in [-0.39, 0.29) is 11.4 Å². The zero-order chi connectivity index (χ0) is 15.5. The fourth-order valence-corrected chi connectivity index (χ4v) is 3.76.